The Labute approximate surface area is 252 Å². The summed E-state index contributed by atoms with van der Waals surface area (Å²) in [5.41, 5.74) is 3.84. The van der Waals surface area contributed by atoms with Crippen LogP contribution in [0.4, 0.5) is 26.4 Å². The summed E-state index contributed by atoms with van der Waals surface area (Å²) < 4.78 is 20.9. The Hall–Kier alpha value is -5.49. The number of ether oxygens (including phenoxy) is 1. The third kappa shape index (κ3) is 6.15. The van der Waals surface area contributed by atoms with E-state index in [2.05, 4.69) is 25.5 Å². The minimum Gasteiger partial charge on any atom is -0.378 e. The van der Waals surface area contributed by atoms with E-state index in [0.29, 0.717) is 76.9 Å². The SMILES string of the molecule is CN(C)C(=O)c1ccc(NC(=O)Nc2ccc(-c3nc(N4CCOCC4)c4cc(F)c(-c5cncnc5)cc4n3)cc2)cc1. The number of carbonyl (C=O) groups excluding carboxylic acids is 2. The van der Waals surface area contributed by atoms with E-state index < -0.39 is 11.8 Å². The van der Waals surface area contributed by atoms with Gasteiger partial charge in [-0.15, -0.1) is 0 Å². The molecule has 0 atom stereocenters. The van der Waals surface area contributed by atoms with E-state index >= 15 is 4.39 Å². The first-order valence-corrected chi connectivity index (χ1v) is 14.0. The number of fused-ring (bicyclic) bond motifs is 1. The minimum atomic E-state index is -0.430. The molecular formula is C32H29FN8O3. The van der Waals surface area contributed by atoms with Crippen LogP contribution in [-0.2, 0) is 4.74 Å². The fourth-order valence-corrected chi connectivity index (χ4v) is 4.89. The third-order valence-corrected chi connectivity index (χ3v) is 7.14. The highest BCUT2D eigenvalue weighted by molar-refractivity contribution is 6.00. The highest BCUT2D eigenvalue weighted by atomic mass is 19.1. The molecule has 0 radical (unpaired) electrons. The Morgan fingerprint density at radius 1 is 0.864 bits per heavy atom. The molecule has 12 heteroatoms. The van der Waals surface area contributed by atoms with Gasteiger partial charge in [0.05, 0.1) is 18.7 Å². The van der Waals surface area contributed by atoms with E-state index in [-0.39, 0.29) is 5.91 Å². The molecule has 0 saturated carbocycles. The summed E-state index contributed by atoms with van der Waals surface area (Å²) in [6, 6.07) is 16.5. The molecule has 0 spiro atoms. The Bertz CT molecular complexity index is 1810. The molecule has 44 heavy (non-hydrogen) atoms. The van der Waals surface area contributed by atoms with Gasteiger partial charge in [0.25, 0.3) is 5.91 Å². The van der Waals surface area contributed by atoms with E-state index in [0.717, 1.165) is 5.56 Å². The lowest BCUT2D eigenvalue weighted by atomic mass is 10.0. The van der Waals surface area contributed by atoms with Crippen molar-refractivity contribution in [2.45, 2.75) is 0 Å². The summed E-state index contributed by atoms with van der Waals surface area (Å²) in [5.74, 6) is 0.559. The summed E-state index contributed by atoms with van der Waals surface area (Å²) in [7, 11) is 3.36. The fraction of sp³-hybridized carbons (Fsp3) is 0.188. The first-order valence-electron chi connectivity index (χ1n) is 14.0. The van der Waals surface area contributed by atoms with Crippen LogP contribution in [0.25, 0.3) is 33.4 Å². The predicted molar refractivity (Wildman–Crippen MR) is 166 cm³/mol. The summed E-state index contributed by atoms with van der Waals surface area (Å²) >= 11 is 0. The third-order valence-electron chi connectivity index (χ3n) is 7.14. The lowest BCUT2D eigenvalue weighted by molar-refractivity contribution is 0.0827. The van der Waals surface area contributed by atoms with Crippen molar-refractivity contribution in [3.8, 4) is 22.5 Å². The molecule has 5 aromatic rings. The van der Waals surface area contributed by atoms with Crippen molar-refractivity contribution >= 4 is 40.0 Å². The van der Waals surface area contributed by atoms with Gasteiger partial charge in [0, 0.05) is 78.6 Å². The van der Waals surface area contributed by atoms with Crippen molar-refractivity contribution in [2.24, 2.45) is 0 Å². The maximum absolute atomic E-state index is 15.3. The number of morpholine rings is 1. The number of nitrogens with zero attached hydrogens (tertiary/aromatic N) is 6. The van der Waals surface area contributed by atoms with Crippen molar-refractivity contribution in [1.29, 1.82) is 0 Å². The lowest BCUT2D eigenvalue weighted by Crippen LogP contribution is -2.37. The maximum Gasteiger partial charge on any atom is 0.323 e. The van der Waals surface area contributed by atoms with Gasteiger partial charge in [-0.05, 0) is 60.7 Å². The highest BCUT2D eigenvalue weighted by Gasteiger charge is 2.20. The van der Waals surface area contributed by atoms with Crippen molar-refractivity contribution in [3.63, 3.8) is 0 Å². The van der Waals surface area contributed by atoms with Gasteiger partial charge in [-0.3, -0.25) is 4.79 Å². The number of anilines is 3. The zero-order valence-corrected chi connectivity index (χ0v) is 24.1. The average Bonchev–Trinajstić information content (AvgIpc) is 3.05. The van der Waals surface area contributed by atoms with Gasteiger partial charge in [-0.25, -0.2) is 29.1 Å². The number of rotatable bonds is 6. The summed E-state index contributed by atoms with van der Waals surface area (Å²) in [5, 5.41) is 6.17. The quantitative estimate of drug-likeness (QED) is 0.280. The topological polar surface area (TPSA) is 125 Å². The van der Waals surface area contributed by atoms with Crippen LogP contribution in [0.15, 0.2) is 79.4 Å². The molecule has 2 N–H and O–H groups in total. The molecule has 3 heterocycles. The predicted octanol–water partition coefficient (Wildman–Crippen LogP) is 5.08. The van der Waals surface area contributed by atoms with Crippen molar-refractivity contribution in [1.82, 2.24) is 24.8 Å². The minimum absolute atomic E-state index is 0.119. The molecule has 3 aromatic carbocycles. The number of halogens is 1. The van der Waals surface area contributed by atoms with Gasteiger partial charge in [-0.2, -0.15) is 0 Å². The van der Waals surface area contributed by atoms with E-state index in [1.807, 2.05) is 12.1 Å². The van der Waals surface area contributed by atoms with Gasteiger partial charge in [0.1, 0.15) is 18.0 Å². The molecule has 3 amide bonds. The monoisotopic (exact) mass is 592 g/mol. The number of amides is 3. The van der Waals surface area contributed by atoms with Crippen LogP contribution in [0.2, 0.25) is 0 Å². The molecule has 0 aliphatic carbocycles. The fourth-order valence-electron chi connectivity index (χ4n) is 4.89. The summed E-state index contributed by atoms with van der Waals surface area (Å²) in [6.45, 7) is 2.33. The Balaban J connectivity index is 1.25. The lowest BCUT2D eigenvalue weighted by Gasteiger charge is -2.29. The Morgan fingerprint density at radius 2 is 1.50 bits per heavy atom. The summed E-state index contributed by atoms with van der Waals surface area (Å²) in [6.07, 6.45) is 4.52. The van der Waals surface area contributed by atoms with Gasteiger partial charge in [-0.1, -0.05) is 0 Å². The maximum atomic E-state index is 15.3. The normalized spacial score (nSPS) is 13.0. The number of hydrogen-bond donors (Lipinski definition) is 2. The number of carbonyl (C=O) groups is 2. The zero-order chi connectivity index (χ0) is 30.6. The number of benzene rings is 3. The van der Waals surface area contributed by atoms with E-state index in [1.165, 1.54) is 17.3 Å². The first kappa shape index (κ1) is 28.6. The molecule has 2 aromatic heterocycles. The smallest absolute Gasteiger partial charge is 0.323 e. The van der Waals surface area contributed by atoms with E-state index in [1.54, 1.807) is 69.0 Å². The second-order valence-corrected chi connectivity index (χ2v) is 10.4. The highest BCUT2D eigenvalue weighted by Crippen LogP contribution is 2.33. The largest absolute Gasteiger partial charge is 0.378 e. The Kier molecular flexibility index (Phi) is 8.06. The molecular weight excluding hydrogens is 563 g/mol. The number of aromatic nitrogens is 4. The average molecular weight is 593 g/mol. The Morgan fingerprint density at radius 3 is 2.14 bits per heavy atom. The van der Waals surface area contributed by atoms with Crippen LogP contribution in [0.3, 0.4) is 0 Å². The second-order valence-electron chi connectivity index (χ2n) is 10.4. The molecule has 1 saturated heterocycles. The molecule has 11 nitrogen and oxygen atoms in total. The zero-order valence-electron chi connectivity index (χ0n) is 24.1. The molecule has 1 aliphatic heterocycles. The van der Waals surface area contributed by atoms with Crippen molar-refractivity contribution in [3.05, 3.63) is 90.8 Å². The standard InChI is InChI=1S/C32H29FN8O3/c1-40(2)31(42)21-5-9-24(10-6-21)37-32(43)36-23-7-3-20(4-8-23)29-38-28-16-25(22-17-34-19-35-18-22)27(33)15-26(28)30(39-29)41-11-13-44-14-12-41/h3-10,15-19H,11-14H2,1-2H3,(H2,36,37,43). The molecule has 1 fully saturated rings. The van der Waals surface area contributed by atoms with Gasteiger partial charge in [0.2, 0.25) is 0 Å². The second kappa shape index (κ2) is 12.4. The van der Waals surface area contributed by atoms with Crippen molar-refractivity contribution in [2.75, 3.05) is 55.9 Å². The number of hydrogen-bond acceptors (Lipinski definition) is 8. The van der Waals surface area contributed by atoms with Gasteiger partial charge in [0.15, 0.2) is 5.82 Å². The summed E-state index contributed by atoms with van der Waals surface area (Å²) in [4.78, 5) is 46.0. The molecule has 0 unspecified atom stereocenters. The number of nitrogens with one attached hydrogen (secondary N) is 2. The molecule has 0 bridgehead atoms. The first-order chi connectivity index (χ1) is 21.4. The molecule has 6 rings (SSSR count). The van der Waals surface area contributed by atoms with Crippen molar-refractivity contribution < 1.29 is 18.7 Å². The van der Waals surface area contributed by atoms with Crippen LogP contribution in [-0.4, -0.2) is 77.2 Å². The van der Waals surface area contributed by atoms with E-state index in [9.17, 15) is 9.59 Å². The van der Waals surface area contributed by atoms with Crippen LogP contribution in [0.5, 0.6) is 0 Å². The van der Waals surface area contributed by atoms with Crippen LogP contribution in [0, 0.1) is 5.82 Å². The van der Waals surface area contributed by atoms with Gasteiger partial charge < -0.3 is 25.2 Å². The van der Waals surface area contributed by atoms with Gasteiger partial charge >= 0.3 is 6.03 Å². The van der Waals surface area contributed by atoms with Crippen LogP contribution < -0.4 is 15.5 Å². The van der Waals surface area contributed by atoms with Crippen LogP contribution >= 0.6 is 0 Å². The molecule has 222 valence electrons. The van der Waals surface area contributed by atoms with Crippen LogP contribution in [0.1, 0.15) is 10.4 Å². The molecule has 1 aliphatic rings. The number of urea groups is 1. The van der Waals surface area contributed by atoms with E-state index in [4.69, 9.17) is 14.7 Å².